The van der Waals surface area contributed by atoms with Gasteiger partial charge in [0.25, 0.3) is 0 Å². The summed E-state index contributed by atoms with van der Waals surface area (Å²) in [5.41, 5.74) is 3.20. The van der Waals surface area contributed by atoms with Crippen LogP contribution in [0.4, 0.5) is 21.9 Å². The Morgan fingerprint density at radius 2 is 1.50 bits per heavy atom. The molecule has 4 aliphatic heterocycles. The van der Waals surface area contributed by atoms with Crippen LogP contribution in [0.5, 0.6) is 5.75 Å². The lowest BCUT2D eigenvalue weighted by atomic mass is 9.65. The number of aromatic hydroxyl groups is 1. The number of nitrogens with one attached hydrogen (secondary N) is 2. The van der Waals surface area contributed by atoms with Crippen LogP contribution in [-0.2, 0) is 45.3 Å². The van der Waals surface area contributed by atoms with Gasteiger partial charge in [-0.05, 0) is 94.9 Å². The molecule has 0 saturated carbocycles. The van der Waals surface area contributed by atoms with E-state index in [0.717, 1.165) is 16.1 Å². The molecule has 1 spiro atoms. The second kappa shape index (κ2) is 20.5. The van der Waals surface area contributed by atoms with Gasteiger partial charge in [-0.2, -0.15) is 0 Å². The summed E-state index contributed by atoms with van der Waals surface area (Å²) < 4.78 is 19.0. The van der Waals surface area contributed by atoms with Gasteiger partial charge in [-0.1, -0.05) is 116 Å². The maximum atomic E-state index is 16.8. The summed E-state index contributed by atoms with van der Waals surface area (Å²) in [7, 11) is 1.21. The minimum atomic E-state index is -2.15. The molecule has 0 aliphatic carbocycles. The van der Waals surface area contributed by atoms with Crippen LogP contribution in [0.3, 0.4) is 0 Å². The number of anilines is 3. The Bertz CT molecular complexity index is 3410. The number of rotatable bonds is 10. The molecule has 76 heavy (non-hydrogen) atoms. The molecule has 7 unspecified atom stereocenters. The normalized spacial score (nSPS) is 22.3. The fourth-order valence-electron chi connectivity index (χ4n) is 11.5. The van der Waals surface area contributed by atoms with Gasteiger partial charge in [-0.15, -0.1) is 5.10 Å². The number of hydrogen-bond acceptors (Lipinski definition) is 13. The fourth-order valence-corrected chi connectivity index (χ4v) is 11.5. The molecule has 7 atom stereocenters. The van der Waals surface area contributed by atoms with E-state index >= 15 is 19.2 Å². The lowest BCUT2D eigenvalue weighted by molar-refractivity contribution is -0.177. The largest absolute Gasteiger partial charge is 0.508 e. The number of cyclic esters (lactones) is 1. The van der Waals surface area contributed by atoms with E-state index in [-0.39, 0.29) is 23.5 Å². The summed E-state index contributed by atoms with van der Waals surface area (Å²) in [5, 5.41) is 25.3. The average molecular weight is 1020 g/mol. The zero-order valence-corrected chi connectivity index (χ0v) is 41.9. The van der Waals surface area contributed by atoms with Gasteiger partial charge in [0.2, 0.25) is 11.8 Å². The lowest BCUT2D eigenvalue weighted by Crippen LogP contribution is -2.57. The van der Waals surface area contributed by atoms with Crippen molar-refractivity contribution >= 4 is 57.9 Å². The van der Waals surface area contributed by atoms with Gasteiger partial charge in [-0.3, -0.25) is 19.3 Å². The van der Waals surface area contributed by atoms with Crippen molar-refractivity contribution in [1.82, 2.24) is 25.2 Å². The number of methoxy groups -OCH3 is 1. The summed E-state index contributed by atoms with van der Waals surface area (Å²) >= 11 is 0. The second-order valence-corrected chi connectivity index (χ2v) is 19.6. The summed E-state index contributed by atoms with van der Waals surface area (Å²) in [6, 6.07) is 39.1. The first kappa shape index (κ1) is 49.4. The van der Waals surface area contributed by atoms with Crippen molar-refractivity contribution in [3.63, 3.8) is 0 Å². The molecular weight excluding hydrogens is 965 g/mol. The van der Waals surface area contributed by atoms with Gasteiger partial charge in [0, 0.05) is 30.0 Å². The number of morpholine rings is 2. The molecular formula is C59H54N8O9. The number of nitrogens with zero attached hydrogens (tertiary/aromatic N) is 6. The molecule has 1 aromatic heterocycles. The van der Waals surface area contributed by atoms with E-state index < -0.39 is 77.3 Å². The third-order valence-electron chi connectivity index (χ3n) is 14.9. The third-order valence-corrected chi connectivity index (χ3v) is 14.9. The number of carbonyl (C=O) groups excluding carboxylic acids is 5. The number of fused-ring (bicyclic) bond motifs is 4. The number of esters is 2. The number of carbonyl (C=O) groups is 5. The van der Waals surface area contributed by atoms with Gasteiger partial charge < -0.3 is 34.9 Å². The molecule has 3 saturated heterocycles. The molecule has 3 fully saturated rings. The number of phenolic OH excluding ortho intramolecular Hbond substituents is 1. The highest BCUT2D eigenvalue weighted by molar-refractivity contribution is 6.25. The van der Waals surface area contributed by atoms with Gasteiger partial charge in [0.1, 0.15) is 41.4 Å². The molecule has 17 nitrogen and oxygen atoms in total. The number of phenols is 1. The van der Waals surface area contributed by atoms with Crippen molar-refractivity contribution < 1.29 is 43.3 Å². The molecule has 5 heterocycles. The van der Waals surface area contributed by atoms with Gasteiger partial charge >= 0.3 is 18.0 Å². The van der Waals surface area contributed by atoms with Crippen molar-refractivity contribution in [3.05, 3.63) is 179 Å². The van der Waals surface area contributed by atoms with Crippen molar-refractivity contribution in [1.29, 1.82) is 0 Å². The van der Waals surface area contributed by atoms with Crippen LogP contribution in [0.2, 0.25) is 0 Å². The van der Waals surface area contributed by atoms with E-state index in [2.05, 4.69) is 37.7 Å². The zero-order valence-electron chi connectivity index (χ0n) is 41.9. The maximum absolute atomic E-state index is 16.8. The first-order chi connectivity index (χ1) is 37.0. The molecule has 0 bridgehead atoms. The highest BCUT2D eigenvalue weighted by Gasteiger charge is 2.75. The Kier molecular flexibility index (Phi) is 13.3. The highest BCUT2D eigenvalue weighted by atomic mass is 16.6. The van der Waals surface area contributed by atoms with Gasteiger partial charge in [-0.25, -0.2) is 19.2 Å². The van der Waals surface area contributed by atoms with E-state index in [1.807, 2.05) is 102 Å². The second-order valence-electron chi connectivity index (χ2n) is 19.6. The Labute approximate surface area is 438 Å². The Balaban J connectivity index is 1.15. The molecule has 6 aromatic carbocycles. The predicted molar refractivity (Wildman–Crippen MR) is 282 cm³/mol. The molecule has 4 aliphatic rings. The number of imide groups is 1. The van der Waals surface area contributed by atoms with Crippen molar-refractivity contribution in [2.75, 3.05) is 48.5 Å². The Morgan fingerprint density at radius 1 is 0.816 bits per heavy atom. The smallest absolute Gasteiger partial charge is 0.329 e. The first-order valence-corrected chi connectivity index (χ1v) is 25.2. The molecule has 7 aromatic rings. The quantitative estimate of drug-likeness (QED) is 0.0917. The number of amides is 4. The van der Waals surface area contributed by atoms with Crippen molar-refractivity contribution in [2.24, 2.45) is 11.8 Å². The number of hydrogen-bond donors (Lipinski definition) is 3. The maximum Gasteiger partial charge on any atom is 0.329 e. The molecule has 11 rings (SSSR count). The van der Waals surface area contributed by atoms with Crippen LogP contribution in [0.15, 0.2) is 152 Å². The average Bonchev–Trinajstić information content (AvgIpc) is 4.02. The van der Waals surface area contributed by atoms with Crippen LogP contribution in [0.25, 0.3) is 11.0 Å². The standard InChI is InChI=1S/C59H54N8O9/c1-36(2)49(55(70)74-3)61-58(73)66-46-29-20-37(13-12-30-65-47-19-11-10-18-45(47)62-63-65)35-44(46)59(57(66)72)48(54(69)60-41-23-25-42(26-24-41)64-31-33-75-34-32-64)51-56(71)76-52(39-16-8-5-9-17-39)50(38-14-6-4-7-15-38)67(51)53(59)40-21-27-43(68)28-22-40/h4-11,14-29,35-36,48-53,68H,30-34H2,1-3H3,(H,60,69)(H,61,73). The molecule has 3 N–H and O–H groups in total. The van der Waals surface area contributed by atoms with Crippen LogP contribution in [-0.4, -0.2) is 100 Å². The number of aromatic nitrogens is 3. The van der Waals surface area contributed by atoms with Gasteiger partial charge in [0.15, 0.2) is 0 Å². The number of benzene rings is 6. The van der Waals surface area contributed by atoms with Crippen LogP contribution >= 0.6 is 0 Å². The van der Waals surface area contributed by atoms with Crippen LogP contribution in [0, 0.1) is 23.7 Å². The monoisotopic (exact) mass is 1020 g/mol. The summed E-state index contributed by atoms with van der Waals surface area (Å²) in [6.45, 7) is 6.14. The van der Waals surface area contributed by atoms with Crippen molar-refractivity contribution in [3.8, 4) is 17.6 Å². The Morgan fingerprint density at radius 3 is 2.20 bits per heavy atom. The SMILES string of the molecule is COC(=O)C(NC(=O)N1C(=O)C2(c3cc(C#CCn4nnc5ccccc54)ccc31)C(C(=O)Nc1ccc(N3CCOCC3)cc1)C1C(=O)OC(c3ccccc3)C(c3ccccc3)N1C2c1ccc(O)cc1)C(C)C. The highest BCUT2D eigenvalue weighted by Crippen LogP contribution is 2.66. The summed E-state index contributed by atoms with van der Waals surface area (Å²) in [5.74, 6) is 1.22. The molecule has 17 heteroatoms. The number of para-hydroxylation sites is 1. The number of urea groups is 1. The van der Waals surface area contributed by atoms with E-state index in [1.54, 1.807) is 61.0 Å². The van der Waals surface area contributed by atoms with Crippen LogP contribution < -0.4 is 20.4 Å². The van der Waals surface area contributed by atoms with Gasteiger partial charge in [0.05, 0.1) is 49.5 Å². The minimum Gasteiger partial charge on any atom is -0.508 e. The fraction of sp³-hybridized carbons (Fsp3) is 0.271. The van der Waals surface area contributed by atoms with E-state index in [4.69, 9.17) is 14.2 Å². The molecule has 4 amide bonds. The van der Waals surface area contributed by atoms with E-state index in [9.17, 15) is 9.90 Å². The minimum absolute atomic E-state index is 0.0681. The summed E-state index contributed by atoms with van der Waals surface area (Å²) in [6.07, 6.45) is -0.967. The molecule has 0 radical (unpaired) electrons. The topological polar surface area (TPSA) is 198 Å². The van der Waals surface area contributed by atoms with Crippen molar-refractivity contribution in [2.45, 2.75) is 56.1 Å². The Hall–Kier alpha value is -8.85. The lowest BCUT2D eigenvalue weighted by Gasteiger charge is -2.46. The number of ether oxygens (including phenoxy) is 3. The van der Waals surface area contributed by atoms with E-state index in [0.29, 0.717) is 59.8 Å². The van der Waals surface area contributed by atoms with E-state index in [1.165, 1.54) is 19.2 Å². The molecule has 384 valence electrons. The summed E-state index contributed by atoms with van der Waals surface area (Å²) in [4.78, 5) is 82.0. The third kappa shape index (κ3) is 8.64. The predicted octanol–water partition coefficient (Wildman–Crippen LogP) is 7.24. The zero-order chi connectivity index (χ0) is 52.7. The first-order valence-electron chi connectivity index (χ1n) is 25.2. The van der Waals surface area contributed by atoms with Crippen LogP contribution in [0.1, 0.15) is 59.9 Å².